The Morgan fingerprint density at radius 2 is 1.80 bits per heavy atom. The van der Waals surface area contributed by atoms with Crippen LogP contribution in [0.1, 0.15) is 53.5 Å². The highest BCUT2D eigenvalue weighted by Gasteiger charge is 2.20. The number of halogens is 1. The first-order valence-electron chi connectivity index (χ1n) is 7.35. The quantitative estimate of drug-likeness (QED) is 0.735. The average Bonchev–Trinajstić information content (AvgIpc) is 2.31. The smallest absolute Gasteiger partial charge is 0.197 e. The maximum Gasteiger partial charge on any atom is 0.197 e. The van der Waals surface area contributed by atoms with Gasteiger partial charge in [0.25, 0.3) is 0 Å². The van der Waals surface area contributed by atoms with Crippen LogP contribution in [0.3, 0.4) is 0 Å². The van der Waals surface area contributed by atoms with E-state index in [9.17, 15) is 4.39 Å². The van der Waals surface area contributed by atoms with Gasteiger partial charge in [0.15, 0.2) is 17.3 Å². The lowest BCUT2D eigenvalue weighted by Gasteiger charge is -2.22. The molecule has 0 aliphatic rings. The van der Waals surface area contributed by atoms with E-state index in [-0.39, 0.29) is 17.0 Å². The molecular formula is C17H27FO2. The molecule has 20 heavy (non-hydrogen) atoms. The van der Waals surface area contributed by atoms with E-state index in [0.717, 1.165) is 12.0 Å². The van der Waals surface area contributed by atoms with Gasteiger partial charge in [-0.1, -0.05) is 34.6 Å². The van der Waals surface area contributed by atoms with Crippen molar-refractivity contribution in [2.24, 2.45) is 5.92 Å². The van der Waals surface area contributed by atoms with Crippen LogP contribution in [-0.4, -0.2) is 13.2 Å². The van der Waals surface area contributed by atoms with Crippen LogP contribution >= 0.6 is 0 Å². The first-order chi connectivity index (χ1) is 9.25. The van der Waals surface area contributed by atoms with Gasteiger partial charge in [0.05, 0.1) is 13.2 Å². The van der Waals surface area contributed by atoms with Crippen LogP contribution in [0.4, 0.5) is 4.39 Å². The SMILES string of the molecule is CCOc1c(F)cc(C(C)(C)C)cc1OCCC(C)C. The summed E-state index contributed by atoms with van der Waals surface area (Å²) in [6.07, 6.45) is 0.937. The predicted molar refractivity (Wildman–Crippen MR) is 81.2 cm³/mol. The molecule has 2 nitrogen and oxygen atoms in total. The summed E-state index contributed by atoms with van der Waals surface area (Å²) in [4.78, 5) is 0. The normalized spacial score (nSPS) is 11.8. The summed E-state index contributed by atoms with van der Waals surface area (Å²) in [6, 6.07) is 3.44. The van der Waals surface area contributed by atoms with Crippen LogP contribution in [0.5, 0.6) is 11.5 Å². The van der Waals surface area contributed by atoms with Crippen molar-refractivity contribution in [2.75, 3.05) is 13.2 Å². The van der Waals surface area contributed by atoms with E-state index in [2.05, 4.69) is 34.6 Å². The van der Waals surface area contributed by atoms with Gasteiger partial charge in [-0.3, -0.25) is 0 Å². The van der Waals surface area contributed by atoms with E-state index in [1.807, 2.05) is 13.0 Å². The van der Waals surface area contributed by atoms with Crippen LogP contribution in [0.25, 0.3) is 0 Å². The number of hydrogen-bond donors (Lipinski definition) is 0. The van der Waals surface area contributed by atoms with Gasteiger partial charge in [-0.05, 0) is 42.4 Å². The molecule has 0 aliphatic heterocycles. The Labute approximate surface area is 122 Å². The van der Waals surface area contributed by atoms with E-state index in [1.165, 1.54) is 0 Å². The number of ether oxygens (including phenoxy) is 2. The highest BCUT2D eigenvalue weighted by molar-refractivity contribution is 5.46. The lowest BCUT2D eigenvalue weighted by Crippen LogP contribution is -2.13. The summed E-state index contributed by atoms with van der Waals surface area (Å²) in [5, 5.41) is 0. The van der Waals surface area contributed by atoms with Gasteiger partial charge in [-0.2, -0.15) is 0 Å². The third-order valence-corrected chi connectivity index (χ3v) is 3.12. The molecule has 0 spiro atoms. The van der Waals surface area contributed by atoms with Gasteiger partial charge < -0.3 is 9.47 Å². The Balaban J connectivity index is 3.05. The van der Waals surface area contributed by atoms with Crippen molar-refractivity contribution >= 4 is 0 Å². The molecule has 0 saturated carbocycles. The van der Waals surface area contributed by atoms with E-state index < -0.39 is 0 Å². The zero-order valence-corrected chi connectivity index (χ0v) is 13.5. The number of hydrogen-bond acceptors (Lipinski definition) is 2. The van der Waals surface area contributed by atoms with Crippen molar-refractivity contribution in [1.82, 2.24) is 0 Å². The standard InChI is InChI=1S/C17H27FO2/c1-7-19-16-14(18)10-13(17(4,5)6)11-15(16)20-9-8-12(2)3/h10-12H,7-9H2,1-6H3. The maximum absolute atomic E-state index is 14.2. The fourth-order valence-corrected chi connectivity index (χ4v) is 1.80. The van der Waals surface area contributed by atoms with Crippen molar-refractivity contribution in [3.63, 3.8) is 0 Å². The van der Waals surface area contributed by atoms with Gasteiger partial charge in [0.1, 0.15) is 0 Å². The zero-order chi connectivity index (χ0) is 15.3. The largest absolute Gasteiger partial charge is 0.490 e. The first-order valence-corrected chi connectivity index (χ1v) is 7.35. The molecule has 1 rings (SSSR count). The van der Waals surface area contributed by atoms with Crippen molar-refractivity contribution in [2.45, 2.75) is 53.4 Å². The Morgan fingerprint density at radius 1 is 1.15 bits per heavy atom. The van der Waals surface area contributed by atoms with Gasteiger partial charge >= 0.3 is 0 Å². The molecule has 0 radical (unpaired) electrons. The van der Waals surface area contributed by atoms with E-state index in [1.54, 1.807) is 6.07 Å². The molecule has 0 amide bonds. The van der Waals surface area contributed by atoms with Crippen molar-refractivity contribution in [3.05, 3.63) is 23.5 Å². The van der Waals surface area contributed by atoms with Crippen molar-refractivity contribution < 1.29 is 13.9 Å². The molecule has 3 heteroatoms. The third-order valence-electron chi connectivity index (χ3n) is 3.12. The van der Waals surface area contributed by atoms with Gasteiger partial charge in [0.2, 0.25) is 0 Å². The van der Waals surface area contributed by atoms with Crippen LogP contribution in [0.2, 0.25) is 0 Å². The summed E-state index contributed by atoms with van der Waals surface area (Å²) >= 11 is 0. The lowest BCUT2D eigenvalue weighted by atomic mass is 9.87. The molecule has 0 fully saturated rings. The molecule has 1 aromatic carbocycles. The summed E-state index contributed by atoms with van der Waals surface area (Å²) < 4.78 is 25.4. The van der Waals surface area contributed by atoms with Crippen LogP contribution < -0.4 is 9.47 Å². The molecule has 0 saturated heterocycles. The molecule has 0 N–H and O–H groups in total. The molecule has 0 unspecified atom stereocenters. The Hall–Kier alpha value is -1.25. The second-order valence-corrected chi connectivity index (χ2v) is 6.50. The Bertz CT molecular complexity index is 433. The number of rotatable bonds is 6. The molecule has 0 aliphatic carbocycles. The van der Waals surface area contributed by atoms with Gasteiger partial charge in [-0.15, -0.1) is 0 Å². The molecule has 0 heterocycles. The molecule has 1 aromatic rings. The van der Waals surface area contributed by atoms with Gasteiger partial charge in [0, 0.05) is 0 Å². The van der Waals surface area contributed by atoms with Crippen molar-refractivity contribution in [3.8, 4) is 11.5 Å². The summed E-state index contributed by atoms with van der Waals surface area (Å²) in [5.41, 5.74) is 0.792. The molecule has 0 atom stereocenters. The fourth-order valence-electron chi connectivity index (χ4n) is 1.80. The van der Waals surface area contributed by atoms with Crippen LogP contribution in [0, 0.1) is 11.7 Å². The molecular weight excluding hydrogens is 255 g/mol. The summed E-state index contributed by atoms with van der Waals surface area (Å²) in [7, 11) is 0. The second-order valence-electron chi connectivity index (χ2n) is 6.50. The topological polar surface area (TPSA) is 18.5 Å². The summed E-state index contributed by atoms with van der Waals surface area (Å²) in [5.74, 6) is 0.946. The zero-order valence-electron chi connectivity index (χ0n) is 13.5. The molecule has 0 bridgehead atoms. The second kappa shape index (κ2) is 6.96. The molecule has 114 valence electrons. The van der Waals surface area contributed by atoms with E-state index >= 15 is 0 Å². The Kier molecular flexibility index (Phi) is 5.85. The lowest BCUT2D eigenvalue weighted by molar-refractivity contribution is 0.253. The first kappa shape index (κ1) is 16.8. The Morgan fingerprint density at radius 3 is 2.30 bits per heavy atom. The number of benzene rings is 1. The third kappa shape index (κ3) is 4.69. The minimum absolute atomic E-state index is 0.123. The molecule has 0 aromatic heterocycles. The highest BCUT2D eigenvalue weighted by Crippen LogP contribution is 2.36. The fraction of sp³-hybridized carbons (Fsp3) is 0.647. The monoisotopic (exact) mass is 282 g/mol. The van der Waals surface area contributed by atoms with Crippen molar-refractivity contribution in [1.29, 1.82) is 0 Å². The van der Waals surface area contributed by atoms with Crippen LogP contribution in [-0.2, 0) is 5.41 Å². The minimum Gasteiger partial charge on any atom is -0.490 e. The van der Waals surface area contributed by atoms with Gasteiger partial charge in [-0.25, -0.2) is 4.39 Å². The predicted octanol–water partition coefficient (Wildman–Crippen LogP) is 4.95. The van der Waals surface area contributed by atoms with E-state index in [4.69, 9.17) is 9.47 Å². The average molecular weight is 282 g/mol. The van der Waals surface area contributed by atoms with Crippen LogP contribution in [0.15, 0.2) is 12.1 Å². The summed E-state index contributed by atoms with van der Waals surface area (Å²) in [6.45, 7) is 13.3. The highest BCUT2D eigenvalue weighted by atomic mass is 19.1. The maximum atomic E-state index is 14.2. The minimum atomic E-state index is -0.348. The van der Waals surface area contributed by atoms with E-state index in [0.29, 0.717) is 24.9 Å².